The Balaban J connectivity index is 2.30. The molecule has 0 aliphatic heterocycles. The van der Waals surface area contributed by atoms with Crippen LogP contribution >= 0.6 is 11.6 Å². The predicted octanol–water partition coefficient (Wildman–Crippen LogP) is 3.58. The Bertz CT molecular complexity index is 416. The molecular weight excluding hydrogens is 260 g/mol. The molecule has 0 radical (unpaired) electrons. The van der Waals surface area contributed by atoms with Crippen LogP contribution in [0.5, 0.6) is 0 Å². The van der Waals surface area contributed by atoms with Crippen LogP contribution in [-0.4, -0.2) is 29.6 Å². The molecule has 0 amide bonds. The van der Waals surface area contributed by atoms with Crippen LogP contribution in [-0.2, 0) is 0 Å². The van der Waals surface area contributed by atoms with Gasteiger partial charge < -0.3 is 10.2 Å². The fourth-order valence-corrected chi connectivity index (χ4v) is 2.90. The smallest absolute Gasteiger partial charge is 0.224 e. The second-order valence-corrected chi connectivity index (χ2v) is 6.01. The van der Waals surface area contributed by atoms with Crippen LogP contribution in [0.1, 0.15) is 39.5 Å². The number of hydrogen-bond acceptors (Lipinski definition) is 4. The summed E-state index contributed by atoms with van der Waals surface area (Å²) in [5.41, 5.74) is 0. The standard InChI is InChI=1S/C14H23ClN4/c1-10(2)9-19(11-6-4-5-7-11)13-12(15)8-17-14(16-3)18-13/h8,10-11H,4-7,9H2,1-3H3,(H,16,17,18). The largest absolute Gasteiger partial charge is 0.357 e. The Morgan fingerprint density at radius 2 is 2.11 bits per heavy atom. The lowest BCUT2D eigenvalue weighted by atomic mass is 10.1. The third-order valence-corrected chi connectivity index (χ3v) is 3.82. The molecule has 0 bridgehead atoms. The lowest BCUT2D eigenvalue weighted by Gasteiger charge is -2.32. The zero-order valence-electron chi connectivity index (χ0n) is 12.0. The number of halogens is 1. The van der Waals surface area contributed by atoms with Gasteiger partial charge in [0, 0.05) is 19.6 Å². The summed E-state index contributed by atoms with van der Waals surface area (Å²) in [7, 11) is 1.83. The fourth-order valence-electron chi connectivity index (χ4n) is 2.70. The van der Waals surface area contributed by atoms with Gasteiger partial charge in [0.15, 0.2) is 5.82 Å². The third kappa shape index (κ3) is 3.50. The molecule has 1 aromatic rings. The van der Waals surface area contributed by atoms with Gasteiger partial charge in [-0.1, -0.05) is 38.3 Å². The van der Waals surface area contributed by atoms with E-state index in [1.165, 1.54) is 25.7 Å². The Kier molecular flexibility index (Phi) is 4.86. The average Bonchev–Trinajstić information content (AvgIpc) is 2.90. The second-order valence-electron chi connectivity index (χ2n) is 5.60. The summed E-state index contributed by atoms with van der Waals surface area (Å²) in [4.78, 5) is 11.1. The molecule has 0 atom stereocenters. The van der Waals surface area contributed by atoms with E-state index < -0.39 is 0 Å². The Labute approximate surface area is 120 Å². The molecule has 2 rings (SSSR count). The number of rotatable bonds is 5. The quantitative estimate of drug-likeness (QED) is 0.896. The molecule has 1 aliphatic carbocycles. The maximum absolute atomic E-state index is 6.32. The minimum absolute atomic E-state index is 0.569. The van der Waals surface area contributed by atoms with Crippen molar-refractivity contribution in [3.63, 3.8) is 0 Å². The highest BCUT2D eigenvalue weighted by atomic mass is 35.5. The summed E-state index contributed by atoms with van der Waals surface area (Å²) in [6.07, 6.45) is 6.78. The van der Waals surface area contributed by atoms with Gasteiger partial charge in [0.2, 0.25) is 5.95 Å². The molecule has 1 aliphatic rings. The minimum Gasteiger partial charge on any atom is -0.357 e. The lowest BCUT2D eigenvalue weighted by molar-refractivity contribution is 0.531. The molecule has 1 N–H and O–H groups in total. The first kappa shape index (κ1) is 14.4. The first-order valence-electron chi connectivity index (χ1n) is 7.08. The van der Waals surface area contributed by atoms with Gasteiger partial charge in [0.25, 0.3) is 0 Å². The maximum Gasteiger partial charge on any atom is 0.224 e. The van der Waals surface area contributed by atoms with Crippen molar-refractivity contribution in [2.24, 2.45) is 5.92 Å². The molecule has 0 saturated heterocycles. The van der Waals surface area contributed by atoms with E-state index >= 15 is 0 Å². The van der Waals surface area contributed by atoms with Crippen LogP contribution in [0, 0.1) is 5.92 Å². The third-order valence-electron chi connectivity index (χ3n) is 3.55. The van der Waals surface area contributed by atoms with E-state index in [9.17, 15) is 0 Å². The van der Waals surface area contributed by atoms with Gasteiger partial charge in [0.1, 0.15) is 5.02 Å². The number of anilines is 2. The maximum atomic E-state index is 6.32. The molecule has 5 heteroatoms. The molecule has 0 spiro atoms. The van der Waals surface area contributed by atoms with Crippen LogP contribution in [0.3, 0.4) is 0 Å². The SMILES string of the molecule is CNc1ncc(Cl)c(N(CC(C)C)C2CCCC2)n1. The normalized spacial score (nSPS) is 16.1. The summed E-state index contributed by atoms with van der Waals surface area (Å²) < 4.78 is 0. The van der Waals surface area contributed by atoms with Gasteiger partial charge in [-0.3, -0.25) is 0 Å². The van der Waals surface area contributed by atoms with Gasteiger partial charge in [-0.2, -0.15) is 4.98 Å². The van der Waals surface area contributed by atoms with Crippen molar-refractivity contribution in [2.45, 2.75) is 45.6 Å². The summed E-state index contributed by atoms with van der Waals surface area (Å²) in [5, 5.41) is 3.63. The zero-order chi connectivity index (χ0) is 13.8. The highest BCUT2D eigenvalue weighted by molar-refractivity contribution is 6.32. The van der Waals surface area contributed by atoms with Crippen molar-refractivity contribution in [3.8, 4) is 0 Å². The fraction of sp³-hybridized carbons (Fsp3) is 0.714. The van der Waals surface area contributed by atoms with Crippen molar-refractivity contribution >= 4 is 23.4 Å². The van der Waals surface area contributed by atoms with Gasteiger partial charge in [-0.25, -0.2) is 4.98 Å². The molecular formula is C14H23ClN4. The summed E-state index contributed by atoms with van der Waals surface area (Å²) in [5.74, 6) is 2.09. The number of nitrogens with zero attached hydrogens (tertiary/aromatic N) is 3. The van der Waals surface area contributed by atoms with E-state index in [4.69, 9.17) is 11.6 Å². The van der Waals surface area contributed by atoms with Crippen molar-refractivity contribution in [3.05, 3.63) is 11.2 Å². The molecule has 1 aromatic heterocycles. The molecule has 1 heterocycles. The van der Waals surface area contributed by atoms with Crippen LogP contribution < -0.4 is 10.2 Å². The molecule has 106 valence electrons. The molecule has 4 nitrogen and oxygen atoms in total. The number of aromatic nitrogens is 2. The van der Waals surface area contributed by atoms with Gasteiger partial charge in [-0.05, 0) is 18.8 Å². The van der Waals surface area contributed by atoms with E-state index in [-0.39, 0.29) is 0 Å². The van der Waals surface area contributed by atoms with Crippen LogP contribution in [0.25, 0.3) is 0 Å². The highest BCUT2D eigenvalue weighted by Gasteiger charge is 2.26. The summed E-state index contributed by atoms with van der Waals surface area (Å²) >= 11 is 6.32. The monoisotopic (exact) mass is 282 g/mol. The molecule has 19 heavy (non-hydrogen) atoms. The Hall–Kier alpha value is -1.03. The first-order valence-corrected chi connectivity index (χ1v) is 7.46. The second kappa shape index (κ2) is 6.42. The van der Waals surface area contributed by atoms with Gasteiger partial charge >= 0.3 is 0 Å². The zero-order valence-corrected chi connectivity index (χ0v) is 12.7. The van der Waals surface area contributed by atoms with E-state index in [0.29, 0.717) is 22.9 Å². The lowest BCUT2D eigenvalue weighted by Crippen LogP contribution is -2.37. The molecule has 0 aromatic carbocycles. The predicted molar refractivity (Wildman–Crippen MR) is 81.0 cm³/mol. The minimum atomic E-state index is 0.569. The molecule has 1 fully saturated rings. The van der Waals surface area contributed by atoms with Crippen molar-refractivity contribution in [1.29, 1.82) is 0 Å². The molecule has 0 unspecified atom stereocenters. The van der Waals surface area contributed by atoms with E-state index in [1.807, 2.05) is 7.05 Å². The summed E-state index contributed by atoms with van der Waals surface area (Å²) in [6, 6.07) is 0.569. The number of nitrogens with one attached hydrogen (secondary N) is 1. The van der Waals surface area contributed by atoms with Crippen molar-refractivity contribution in [1.82, 2.24) is 9.97 Å². The summed E-state index contributed by atoms with van der Waals surface area (Å²) in [6.45, 7) is 5.45. The van der Waals surface area contributed by atoms with Crippen LogP contribution in [0.2, 0.25) is 5.02 Å². The van der Waals surface area contributed by atoms with E-state index in [0.717, 1.165) is 12.4 Å². The Morgan fingerprint density at radius 3 is 2.68 bits per heavy atom. The first-order chi connectivity index (χ1) is 9.11. The van der Waals surface area contributed by atoms with E-state index in [2.05, 4.69) is 34.0 Å². The van der Waals surface area contributed by atoms with Gasteiger partial charge in [0.05, 0.1) is 6.20 Å². The van der Waals surface area contributed by atoms with Crippen LogP contribution in [0.15, 0.2) is 6.20 Å². The average molecular weight is 283 g/mol. The topological polar surface area (TPSA) is 41.1 Å². The van der Waals surface area contributed by atoms with Crippen LogP contribution in [0.4, 0.5) is 11.8 Å². The van der Waals surface area contributed by atoms with Crippen molar-refractivity contribution < 1.29 is 0 Å². The number of hydrogen-bond donors (Lipinski definition) is 1. The van der Waals surface area contributed by atoms with Crippen molar-refractivity contribution in [2.75, 3.05) is 23.8 Å². The molecule has 1 saturated carbocycles. The highest BCUT2D eigenvalue weighted by Crippen LogP contribution is 2.32. The Morgan fingerprint density at radius 1 is 1.42 bits per heavy atom. The van der Waals surface area contributed by atoms with E-state index in [1.54, 1.807) is 6.20 Å². The van der Waals surface area contributed by atoms with Gasteiger partial charge in [-0.15, -0.1) is 0 Å².